The molecule has 1 saturated heterocycles. The number of amides is 1. The van der Waals surface area contributed by atoms with Gasteiger partial charge in [0.15, 0.2) is 0 Å². The van der Waals surface area contributed by atoms with E-state index in [4.69, 9.17) is 0 Å². The number of nitrogens with zero attached hydrogens (tertiary/aromatic N) is 1. The maximum atomic E-state index is 12.4. The van der Waals surface area contributed by atoms with E-state index in [2.05, 4.69) is 5.32 Å². The monoisotopic (exact) mass is 408 g/mol. The van der Waals surface area contributed by atoms with Gasteiger partial charge in [0.25, 0.3) is 5.91 Å². The Morgan fingerprint density at radius 1 is 1.00 bits per heavy atom. The third-order valence-corrected chi connectivity index (χ3v) is 4.38. The molecule has 1 heterocycles. The van der Waals surface area contributed by atoms with Gasteiger partial charge < -0.3 is 20.4 Å². The number of rotatable bonds is 6. The average Bonchev–Trinajstić information content (AvgIpc) is 2.61. The van der Waals surface area contributed by atoms with Crippen molar-refractivity contribution in [3.8, 4) is 0 Å². The number of carboxylic acid groups (broad SMARTS) is 2. The fourth-order valence-corrected chi connectivity index (χ4v) is 3.03. The number of carbonyl (C=O) groups excluding carboxylic acids is 1. The first-order valence-corrected chi connectivity index (χ1v) is 8.59. The van der Waals surface area contributed by atoms with E-state index in [9.17, 15) is 24.6 Å². The summed E-state index contributed by atoms with van der Waals surface area (Å²) in [5, 5.41) is 21.9. The molecule has 1 aliphatic heterocycles. The summed E-state index contributed by atoms with van der Waals surface area (Å²) in [7, 11) is 0. The van der Waals surface area contributed by atoms with E-state index in [0.717, 1.165) is 13.1 Å². The Morgan fingerprint density at radius 2 is 1.54 bits per heavy atom. The van der Waals surface area contributed by atoms with Gasteiger partial charge in [-0.3, -0.25) is 4.79 Å². The summed E-state index contributed by atoms with van der Waals surface area (Å²) in [5.41, 5.74) is 0.963. The van der Waals surface area contributed by atoms with Crippen molar-refractivity contribution in [3.63, 3.8) is 0 Å². The van der Waals surface area contributed by atoms with Crippen LogP contribution in [-0.2, 0) is 16.0 Å². The topological polar surface area (TPSA) is 107 Å². The van der Waals surface area contributed by atoms with Crippen molar-refractivity contribution < 1.29 is 24.6 Å². The van der Waals surface area contributed by atoms with Crippen LogP contribution in [0.1, 0.15) is 29.8 Å². The van der Waals surface area contributed by atoms with E-state index in [1.807, 2.05) is 0 Å². The Labute approximate surface area is 209 Å². The van der Waals surface area contributed by atoms with E-state index in [-0.39, 0.29) is 82.6 Å². The third kappa shape index (κ3) is 7.30. The van der Waals surface area contributed by atoms with Crippen molar-refractivity contribution >= 4 is 77.0 Å². The number of benzene rings is 1. The standard InChI is InChI=1S/C19H24N2O5.2Na.2H/c1-12(2)16(19(25)26)15(18(23)24)11-13-3-5-14(6-4-13)17(22)21-9-7-20-8-10-21;;;;/h3-6,12,20H,7-11H2,1-2H3,(H,23,24)(H,25,26);;;;/b16-15-;;;;. The maximum absolute atomic E-state index is 12.4. The first-order valence-electron chi connectivity index (χ1n) is 8.59. The molecule has 9 heteroatoms. The van der Waals surface area contributed by atoms with Crippen LogP contribution in [0.15, 0.2) is 35.4 Å². The molecular formula is C19H26N2Na2O5. The molecule has 2 rings (SSSR count). The molecule has 0 aliphatic carbocycles. The zero-order chi connectivity index (χ0) is 19.3. The summed E-state index contributed by atoms with van der Waals surface area (Å²) in [5.74, 6) is -2.92. The van der Waals surface area contributed by atoms with Crippen LogP contribution < -0.4 is 5.32 Å². The van der Waals surface area contributed by atoms with Crippen molar-refractivity contribution in [3.05, 3.63) is 46.5 Å². The molecule has 0 spiro atoms. The fourth-order valence-electron chi connectivity index (χ4n) is 3.03. The number of piperazine rings is 1. The molecule has 1 amide bonds. The van der Waals surface area contributed by atoms with Gasteiger partial charge >= 0.3 is 71.1 Å². The van der Waals surface area contributed by atoms with Gasteiger partial charge in [-0.25, -0.2) is 9.59 Å². The number of hydrogen-bond donors (Lipinski definition) is 3. The summed E-state index contributed by atoms with van der Waals surface area (Å²) < 4.78 is 0. The summed E-state index contributed by atoms with van der Waals surface area (Å²) in [6, 6.07) is 6.68. The van der Waals surface area contributed by atoms with Gasteiger partial charge in [-0.15, -0.1) is 0 Å². The van der Waals surface area contributed by atoms with Gasteiger partial charge in [-0.2, -0.15) is 0 Å². The molecule has 1 aliphatic rings. The third-order valence-electron chi connectivity index (χ3n) is 4.38. The summed E-state index contributed by atoms with van der Waals surface area (Å²) in [6.07, 6.45) is -0.00273. The second-order valence-corrected chi connectivity index (χ2v) is 6.57. The Hall–Kier alpha value is -0.670. The molecule has 0 atom stereocenters. The molecule has 1 aromatic rings. The van der Waals surface area contributed by atoms with E-state index >= 15 is 0 Å². The van der Waals surface area contributed by atoms with Crippen LogP contribution in [0.2, 0.25) is 0 Å². The van der Waals surface area contributed by atoms with Crippen LogP contribution >= 0.6 is 0 Å². The van der Waals surface area contributed by atoms with Gasteiger partial charge in [-0.1, -0.05) is 26.0 Å². The SMILES string of the molecule is CC(C)/C(C(=O)O)=C(\Cc1ccc(C(=O)N2CCNCC2)cc1)C(=O)O.[NaH].[NaH]. The van der Waals surface area contributed by atoms with Crippen LogP contribution in [0.4, 0.5) is 0 Å². The number of carbonyl (C=O) groups is 3. The van der Waals surface area contributed by atoms with Crippen LogP contribution in [0.3, 0.4) is 0 Å². The second kappa shape index (κ2) is 12.8. The Balaban J connectivity index is 0.00000364. The fraction of sp³-hybridized carbons (Fsp3) is 0.421. The van der Waals surface area contributed by atoms with Crippen molar-refractivity contribution in [1.29, 1.82) is 0 Å². The van der Waals surface area contributed by atoms with E-state index in [1.54, 1.807) is 43.0 Å². The average molecular weight is 408 g/mol. The number of carboxylic acids is 2. The molecular weight excluding hydrogens is 382 g/mol. The predicted octanol–water partition coefficient (Wildman–Crippen LogP) is 0.0993. The number of hydrogen-bond acceptors (Lipinski definition) is 4. The molecule has 1 aromatic carbocycles. The summed E-state index contributed by atoms with van der Waals surface area (Å²) >= 11 is 0. The number of aliphatic carboxylic acids is 2. The van der Waals surface area contributed by atoms with Crippen LogP contribution in [0, 0.1) is 5.92 Å². The molecule has 0 unspecified atom stereocenters. The quantitative estimate of drug-likeness (QED) is 0.455. The normalized spacial score (nSPS) is 14.5. The van der Waals surface area contributed by atoms with Gasteiger partial charge in [0.05, 0.1) is 11.1 Å². The van der Waals surface area contributed by atoms with Crippen molar-refractivity contribution in [2.45, 2.75) is 20.3 Å². The predicted molar refractivity (Wildman–Crippen MR) is 110 cm³/mol. The van der Waals surface area contributed by atoms with Crippen LogP contribution in [0.5, 0.6) is 0 Å². The molecule has 0 saturated carbocycles. The first kappa shape index (κ1) is 27.3. The van der Waals surface area contributed by atoms with Gasteiger partial charge in [-0.05, 0) is 23.6 Å². The first-order chi connectivity index (χ1) is 12.3. The Bertz CT molecular complexity index is 726. The molecule has 0 radical (unpaired) electrons. The molecule has 144 valence electrons. The molecule has 1 fully saturated rings. The van der Waals surface area contributed by atoms with Crippen molar-refractivity contribution in [2.75, 3.05) is 26.2 Å². The van der Waals surface area contributed by atoms with Gasteiger partial charge in [0.1, 0.15) is 0 Å². The molecule has 0 bridgehead atoms. The summed E-state index contributed by atoms with van der Waals surface area (Å²) in [4.78, 5) is 37.2. The zero-order valence-corrected chi connectivity index (χ0v) is 15.0. The summed E-state index contributed by atoms with van der Waals surface area (Å²) in [6.45, 7) is 6.16. The van der Waals surface area contributed by atoms with E-state index in [0.29, 0.717) is 24.2 Å². The Morgan fingerprint density at radius 3 is 1.96 bits per heavy atom. The molecule has 3 N–H and O–H groups in total. The van der Waals surface area contributed by atoms with Crippen LogP contribution in [-0.4, -0.2) is 118 Å². The molecule has 28 heavy (non-hydrogen) atoms. The minimum absolute atomic E-state index is 0. The van der Waals surface area contributed by atoms with Gasteiger partial charge in [0.2, 0.25) is 0 Å². The second-order valence-electron chi connectivity index (χ2n) is 6.57. The van der Waals surface area contributed by atoms with Crippen LogP contribution in [0.25, 0.3) is 0 Å². The minimum atomic E-state index is -1.24. The molecule has 7 nitrogen and oxygen atoms in total. The van der Waals surface area contributed by atoms with Crippen molar-refractivity contribution in [1.82, 2.24) is 10.2 Å². The van der Waals surface area contributed by atoms with E-state index < -0.39 is 17.9 Å². The molecule has 0 aromatic heterocycles. The Kier molecular flexibility index (Phi) is 12.5. The van der Waals surface area contributed by atoms with Crippen molar-refractivity contribution in [2.24, 2.45) is 5.92 Å². The number of nitrogens with one attached hydrogen (secondary N) is 1. The van der Waals surface area contributed by atoms with E-state index in [1.165, 1.54) is 0 Å². The van der Waals surface area contributed by atoms with Gasteiger partial charge in [0, 0.05) is 38.2 Å². The zero-order valence-electron chi connectivity index (χ0n) is 15.0.